The van der Waals surface area contributed by atoms with Gasteiger partial charge in [0, 0.05) is 16.5 Å². The number of hydrogen-bond donors (Lipinski definition) is 2. The van der Waals surface area contributed by atoms with Crippen LogP contribution >= 0.6 is 23.2 Å². The smallest absolute Gasteiger partial charge is 0.138 e. The Kier molecular flexibility index (Phi) is 6.67. The molecule has 0 amide bonds. The van der Waals surface area contributed by atoms with Crippen LogP contribution in [0.4, 0.5) is 0 Å². The molecular formula is C27H36Cl2O2. The molecule has 170 valence electrons. The first-order chi connectivity index (χ1) is 14.3. The fourth-order valence-electron chi connectivity index (χ4n) is 5.76. The molecule has 0 bridgehead atoms. The molecule has 1 unspecified atom stereocenters. The molecule has 1 atom stereocenters. The Balaban J connectivity index is 2.43. The first-order valence-electron chi connectivity index (χ1n) is 11.3. The van der Waals surface area contributed by atoms with Crippen molar-refractivity contribution in [3.63, 3.8) is 0 Å². The maximum Gasteiger partial charge on any atom is 0.138 e. The Labute approximate surface area is 197 Å². The van der Waals surface area contributed by atoms with Gasteiger partial charge in [0.1, 0.15) is 11.5 Å². The van der Waals surface area contributed by atoms with Crippen LogP contribution < -0.4 is 0 Å². The zero-order chi connectivity index (χ0) is 23.3. The molecule has 2 nitrogen and oxygen atoms in total. The fraction of sp³-hybridized carbons (Fsp3) is 0.556. The summed E-state index contributed by atoms with van der Waals surface area (Å²) >= 11 is 13.1. The summed E-state index contributed by atoms with van der Waals surface area (Å²) in [5, 5.41) is 23.2. The van der Waals surface area contributed by atoms with E-state index in [4.69, 9.17) is 23.2 Å². The van der Waals surface area contributed by atoms with Crippen LogP contribution in [0.1, 0.15) is 102 Å². The summed E-state index contributed by atoms with van der Waals surface area (Å²) in [6.45, 7) is 15.3. The van der Waals surface area contributed by atoms with Crippen molar-refractivity contribution in [2.75, 3.05) is 0 Å². The zero-order valence-corrected chi connectivity index (χ0v) is 21.3. The molecule has 0 saturated heterocycles. The van der Waals surface area contributed by atoms with Crippen molar-refractivity contribution in [1.82, 2.24) is 0 Å². The van der Waals surface area contributed by atoms with Gasteiger partial charge in [0.05, 0.1) is 10.0 Å². The predicted molar refractivity (Wildman–Crippen MR) is 132 cm³/mol. The topological polar surface area (TPSA) is 40.5 Å². The van der Waals surface area contributed by atoms with Crippen LogP contribution in [0.5, 0.6) is 11.5 Å². The van der Waals surface area contributed by atoms with Crippen LogP contribution in [0.15, 0.2) is 24.3 Å². The second-order valence-electron chi connectivity index (χ2n) is 11.0. The van der Waals surface area contributed by atoms with Gasteiger partial charge < -0.3 is 10.2 Å². The molecule has 4 heteroatoms. The SMILES string of the molecule is CC1CC(C)(C)CC(c2cc(C(C)C)cc(Cl)c2O)(c2cc(C(C)C)cc(Cl)c2O)C1. The average Bonchev–Trinajstić information content (AvgIpc) is 2.63. The van der Waals surface area contributed by atoms with Crippen LogP contribution in [0, 0.1) is 11.3 Å². The Morgan fingerprint density at radius 1 is 0.806 bits per heavy atom. The van der Waals surface area contributed by atoms with E-state index in [1.54, 1.807) is 0 Å². The summed E-state index contributed by atoms with van der Waals surface area (Å²) in [6.07, 6.45) is 2.69. The summed E-state index contributed by atoms with van der Waals surface area (Å²) in [7, 11) is 0. The molecule has 1 aliphatic carbocycles. The van der Waals surface area contributed by atoms with E-state index in [1.165, 1.54) is 0 Å². The Morgan fingerprint density at radius 3 is 1.58 bits per heavy atom. The number of aromatic hydroxyl groups is 2. The minimum absolute atomic E-state index is 0.0250. The maximum atomic E-state index is 11.2. The van der Waals surface area contributed by atoms with E-state index in [0.29, 0.717) is 16.0 Å². The summed E-state index contributed by atoms with van der Waals surface area (Å²) in [6, 6.07) is 7.89. The number of benzene rings is 2. The summed E-state index contributed by atoms with van der Waals surface area (Å²) in [4.78, 5) is 0. The lowest BCUT2D eigenvalue weighted by Crippen LogP contribution is -2.41. The molecule has 0 aliphatic heterocycles. The number of hydrogen-bond acceptors (Lipinski definition) is 2. The first kappa shape index (κ1) is 24.3. The van der Waals surface area contributed by atoms with Crippen molar-refractivity contribution in [3.8, 4) is 11.5 Å². The van der Waals surface area contributed by atoms with Gasteiger partial charge in [0.15, 0.2) is 0 Å². The van der Waals surface area contributed by atoms with Crippen molar-refractivity contribution >= 4 is 23.2 Å². The first-order valence-corrected chi connectivity index (χ1v) is 12.1. The van der Waals surface area contributed by atoms with E-state index < -0.39 is 5.41 Å². The van der Waals surface area contributed by atoms with Gasteiger partial charge in [-0.05, 0) is 65.7 Å². The van der Waals surface area contributed by atoms with E-state index in [-0.39, 0.29) is 28.7 Å². The lowest BCUT2D eigenvalue weighted by atomic mass is 9.55. The van der Waals surface area contributed by atoms with Gasteiger partial charge in [-0.25, -0.2) is 0 Å². The second kappa shape index (κ2) is 8.52. The van der Waals surface area contributed by atoms with Crippen LogP contribution in [-0.4, -0.2) is 10.2 Å². The van der Waals surface area contributed by atoms with E-state index >= 15 is 0 Å². The third-order valence-corrected chi connectivity index (χ3v) is 7.49. The van der Waals surface area contributed by atoms with E-state index in [9.17, 15) is 10.2 Å². The summed E-state index contributed by atoms with van der Waals surface area (Å²) in [5.74, 6) is 1.16. The number of halogens is 2. The van der Waals surface area contributed by atoms with Gasteiger partial charge >= 0.3 is 0 Å². The molecule has 31 heavy (non-hydrogen) atoms. The molecule has 0 aromatic heterocycles. The third kappa shape index (κ3) is 4.57. The van der Waals surface area contributed by atoms with Gasteiger partial charge in [-0.15, -0.1) is 0 Å². The summed E-state index contributed by atoms with van der Waals surface area (Å²) in [5.41, 5.74) is 3.21. The average molecular weight is 463 g/mol. The molecule has 0 heterocycles. The highest BCUT2D eigenvalue weighted by Gasteiger charge is 2.48. The highest BCUT2D eigenvalue weighted by atomic mass is 35.5. The summed E-state index contributed by atoms with van der Waals surface area (Å²) < 4.78 is 0. The second-order valence-corrected chi connectivity index (χ2v) is 11.9. The van der Waals surface area contributed by atoms with Crippen LogP contribution in [0.3, 0.4) is 0 Å². The van der Waals surface area contributed by atoms with Gasteiger partial charge in [0.2, 0.25) is 0 Å². The van der Waals surface area contributed by atoms with Crippen molar-refractivity contribution in [2.24, 2.45) is 11.3 Å². The van der Waals surface area contributed by atoms with Gasteiger partial charge in [-0.1, -0.05) is 83.8 Å². The van der Waals surface area contributed by atoms with Gasteiger partial charge in [0.25, 0.3) is 0 Å². The van der Waals surface area contributed by atoms with Crippen LogP contribution in [0.25, 0.3) is 0 Å². The molecule has 0 radical (unpaired) electrons. The molecule has 0 spiro atoms. The lowest BCUT2D eigenvalue weighted by Gasteiger charge is -2.49. The maximum absolute atomic E-state index is 11.2. The fourth-order valence-corrected chi connectivity index (χ4v) is 6.22. The van der Waals surface area contributed by atoms with Crippen LogP contribution in [-0.2, 0) is 5.41 Å². The number of phenolic OH excluding ortho intramolecular Hbond substituents is 2. The monoisotopic (exact) mass is 462 g/mol. The highest BCUT2D eigenvalue weighted by Crippen LogP contribution is 2.58. The minimum Gasteiger partial charge on any atom is -0.506 e. The Hall–Kier alpha value is -1.38. The van der Waals surface area contributed by atoms with Gasteiger partial charge in [-0.2, -0.15) is 0 Å². The molecule has 3 rings (SSSR count). The standard InChI is InChI=1S/C27H36Cl2O2/c1-15(2)18-8-20(24(30)22(28)10-18)27(13-17(5)12-26(6,7)14-27)21-9-19(16(3)4)11-23(29)25(21)31/h8-11,15-17,30-31H,12-14H2,1-7H3. The van der Waals surface area contributed by atoms with E-state index in [1.807, 2.05) is 12.1 Å². The largest absolute Gasteiger partial charge is 0.506 e. The molecular weight excluding hydrogens is 427 g/mol. The van der Waals surface area contributed by atoms with Crippen molar-refractivity contribution in [2.45, 2.75) is 85.0 Å². The highest BCUT2D eigenvalue weighted by molar-refractivity contribution is 6.32. The third-order valence-electron chi connectivity index (χ3n) is 6.91. The zero-order valence-electron chi connectivity index (χ0n) is 19.8. The molecule has 2 aromatic rings. The number of phenols is 2. The molecule has 1 fully saturated rings. The molecule has 1 aliphatic rings. The van der Waals surface area contributed by atoms with Crippen molar-refractivity contribution < 1.29 is 10.2 Å². The van der Waals surface area contributed by atoms with Gasteiger partial charge in [-0.3, -0.25) is 0 Å². The predicted octanol–water partition coefficient (Wildman–Crippen LogP) is 8.78. The van der Waals surface area contributed by atoms with Crippen LogP contribution in [0.2, 0.25) is 10.0 Å². The minimum atomic E-state index is -0.585. The van der Waals surface area contributed by atoms with E-state index in [2.05, 4.69) is 60.6 Å². The van der Waals surface area contributed by atoms with Crippen molar-refractivity contribution in [3.05, 3.63) is 56.6 Å². The molecule has 2 N–H and O–H groups in total. The van der Waals surface area contributed by atoms with Crippen molar-refractivity contribution in [1.29, 1.82) is 0 Å². The molecule has 2 aromatic carbocycles. The lowest BCUT2D eigenvalue weighted by molar-refractivity contribution is 0.123. The Morgan fingerprint density at radius 2 is 1.23 bits per heavy atom. The Bertz CT molecular complexity index is 912. The number of rotatable bonds is 4. The quantitative estimate of drug-likeness (QED) is 0.476. The molecule has 1 saturated carbocycles. The van der Waals surface area contributed by atoms with E-state index in [0.717, 1.165) is 41.5 Å². The normalized spacial score (nSPS) is 20.4.